The van der Waals surface area contributed by atoms with Gasteiger partial charge in [0.25, 0.3) is 15.9 Å². The standard InChI is InChI=1S/C31H36N4O5S/c1-4-5-12-28-32-31(15-8-9-16-31)30(36)35(28)17-22-13-14-23(26-19-39-18-25(22)26)24-10-6-7-11-27(24)41(37,38)34-29-20(2)21(3)40-33-29/h6-7,10-11,13-14H,4-5,8-9,12,15-19H2,1-3H3,(H,33,34). The van der Waals surface area contributed by atoms with Gasteiger partial charge in [-0.25, -0.2) is 8.42 Å². The molecular weight excluding hydrogens is 540 g/mol. The molecule has 1 amide bonds. The van der Waals surface area contributed by atoms with Crippen LogP contribution in [0.25, 0.3) is 11.1 Å². The number of unbranched alkanes of at least 4 members (excludes halogenated alkanes) is 1. The van der Waals surface area contributed by atoms with Crippen molar-refractivity contribution >= 4 is 27.6 Å². The molecule has 0 saturated heterocycles. The first-order valence-electron chi connectivity index (χ1n) is 14.4. The lowest BCUT2D eigenvalue weighted by atomic mass is 9.93. The number of ether oxygens (including phenoxy) is 1. The number of hydrogen-bond donors (Lipinski definition) is 1. The first kappa shape index (κ1) is 27.7. The fraction of sp³-hybridized carbons (Fsp3) is 0.452. The Morgan fingerprint density at radius 2 is 1.78 bits per heavy atom. The average Bonchev–Trinajstić information content (AvgIpc) is 3.76. The maximum absolute atomic E-state index is 13.7. The van der Waals surface area contributed by atoms with Crippen LogP contribution in [0.5, 0.6) is 0 Å². The summed E-state index contributed by atoms with van der Waals surface area (Å²) in [4.78, 5) is 20.8. The Kier molecular flexibility index (Phi) is 7.23. The van der Waals surface area contributed by atoms with Gasteiger partial charge in [0.2, 0.25) is 0 Å². The van der Waals surface area contributed by atoms with E-state index in [-0.39, 0.29) is 16.6 Å². The molecular formula is C31H36N4O5S. The molecule has 41 heavy (non-hydrogen) atoms. The van der Waals surface area contributed by atoms with E-state index < -0.39 is 15.6 Å². The Bertz CT molecular complexity index is 1640. The summed E-state index contributed by atoms with van der Waals surface area (Å²) >= 11 is 0. The first-order chi connectivity index (χ1) is 19.7. The van der Waals surface area contributed by atoms with Crippen LogP contribution in [0.15, 0.2) is 50.8 Å². The molecule has 0 radical (unpaired) electrons. The second-order valence-corrected chi connectivity index (χ2v) is 12.9. The Morgan fingerprint density at radius 1 is 1.02 bits per heavy atom. The van der Waals surface area contributed by atoms with Crippen LogP contribution in [0.3, 0.4) is 0 Å². The number of rotatable bonds is 9. The third-order valence-electron chi connectivity index (χ3n) is 8.69. The summed E-state index contributed by atoms with van der Waals surface area (Å²) in [6.45, 7) is 6.88. The predicted octanol–water partition coefficient (Wildman–Crippen LogP) is 6.03. The van der Waals surface area contributed by atoms with Crippen LogP contribution >= 0.6 is 0 Å². The van der Waals surface area contributed by atoms with Crippen molar-refractivity contribution in [1.82, 2.24) is 10.1 Å². The summed E-state index contributed by atoms with van der Waals surface area (Å²) in [6, 6.07) is 10.9. The summed E-state index contributed by atoms with van der Waals surface area (Å²) in [7, 11) is -3.97. The molecule has 1 aromatic heterocycles. The highest BCUT2D eigenvalue weighted by Crippen LogP contribution is 2.42. The Labute approximate surface area is 241 Å². The van der Waals surface area contributed by atoms with Crippen LogP contribution in [0.2, 0.25) is 0 Å². The molecule has 3 aliphatic rings. The van der Waals surface area contributed by atoms with Crippen molar-refractivity contribution in [2.24, 2.45) is 4.99 Å². The maximum Gasteiger partial charge on any atom is 0.263 e. The van der Waals surface area contributed by atoms with E-state index in [1.165, 1.54) is 0 Å². The second kappa shape index (κ2) is 10.7. The number of carbonyl (C=O) groups excluding carboxylic acids is 1. The van der Waals surface area contributed by atoms with Gasteiger partial charge in [-0.2, -0.15) is 0 Å². The van der Waals surface area contributed by atoms with E-state index in [2.05, 4.69) is 16.8 Å². The SMILES string of the molecule is CCCCC1=NC2(CCCC2)C(=O)N1Cc1ccc(-c2ccccc2S(=O)(=O)Nc2noc(C)c2C)c2c1COC2. The zero-order valence-electron chi connectivity index (χ0n) is 23.8. The number of nitrogens with zero attached hydrogens (tertiary/aromatic N) is 3. The molecule has 1 spiro atoms. The van der Waals surface area contributed by atoms with Crippen molar-refractivity contribution in [2.75, 3.05) is 4.72 Å². The van der Waals surface area contributed by atoms with Gasteiger partial charge in [-0.05, 0) is 61.4 Å². The highest BCUT2D eigenvalue weighted by atomic mass is 32.2. The predicted molar refractivity (Wildman–Crippen MR) is 156 cm³/mol. The summed E-state index contributed by atoms with van der Waals surface area (Å²) in [5, 5.41) is 3.88. The van der Waals surface area contributed by atoms with E-state index in [9.17, 15) is 13.2 Å². The quantitative estimate of drug-likeness (QED) is 0.333. The smallest absolute Gasteiger partial charge is 0.263 e. The molecule has 1 aliphatic carbocycles. The average molecular weight is 577 g/mol. The molecule has 0 bridgehead atoms. The van der Waals surface area contributed by atoms with Crippen LogP contribution in [-0.2, 0) is 39.3 Å². The summed E-state index contributed by atoms with van der Waals surface area (Å²) in [5.41, 5.74) is 4.43. The number of aryl methyl sites for hydroxylation is 1. The van der Waals surface area contributed by atoms with E-state index in [0.29, 0.717) is 36.6 Å². The molecule has 216 valence electrons. The van der Waals surface area contributed by atoms with Gasteiger partial charge < -0.3 is 9.26 Å². The molecule has 1 N–H and O–H groups in total. The number of nitrogens with one attached hydrogen (secondary N) is 1. The molecule has 0 unspecified atom stereocenters. The fourth-order valence-corrected chi connectivity index (χ4v) is 7.51. The number of fused-ring (bicyclic) bond motifs is 1. The molecule has 2 aliphatic heterocycles. The van der Waals surface area contributed by atoms with Crippen molar-refractivity contribution in [3.05, 3.63) is 64.4 Å². The lowest BCUT2D eigenvalue weighted by molar-refractivity contribution is -0.131. The van der Waals surface area contributed by atoms with Crippen molar-refractivity contribution in [2.45, 2.75) is 95.9 Å². The van der Waals surface area contributed by atoms with E-state index in [1.54, 1.807) is 26.0 Å². The zero-order chi connectivity index (χ0) is 28.8. The summed E-state index contributed by atoms with van der Waals surface area (Å²) < 4.78 is 40.8. The van der Waals surface area contributed by atoms with Crippen LogP contribution in [0.4, 0.5) is 5.82 Å². The number of carbonyl (C=O) groups is 1. The minimum atomic E-state index is -3.97. The van der Waals surface area contributed by atoms with Crippen molar-refractivity contribution in [3.63, 3.8) is 0 Å². The molecule has 9 nitrogen and oxygen atoms in total. The molecule has 3 aromatic rings. The van der Waals surface area contributed by atoms with E-state index >= 15 is 0 Å². The molecule has 6 rings (SSSR count). The summed E-state index contributed by atoms with van der Waals surface area (Å²) in [6.07, 6.45) is 6.55. The maximum atomic E-state index is 13.7. The minimum absolute atomic E-state index is 0.124. The Balaban J connectivity index is 1.34. The van der Waals surface area contributed by atoms with Gasteiger partial charge in [-0.3, -0.25) is 19.4 Å². The van der Waals surface area contributed by atoms with Gasteiger partial charge in [-0.1, -0.05) is 61.7 Å². The van der Waals surface area contributed by atoms with Crippen molar-refractivity contribution in [3.8, 4) is 11.1 Å². The number of amides is 1. The van der Waals surface area contributed by atoms with Gasteiger partial charge in [0.15, 0.2) is 5.82 Å². The van der Waals surface area contributed by atoms with Crippen molar-refractivity contribution in [1.29, 1.82) is 0 Å². The van der Waals surface area contributed by atoms with Gasteiger partial charge in [0.05, 0.1) is 24.7 Å². The first-order valence-corrected chi connectivity index (χ1v) is 15.9. The Morgan fingerprint density at radius 3 is 2.51 bits per heavy atom. The zero-order valence-corrected chi connectivity index (χ0v) is 24.6. The van der Waals surface area contributed by atoms with Gasteiger partial charge >= 0.3 is 0 Å². The minimum Gasteiger partial charge on any atom is -0.372 e. The number of aromatic nitrogens is 1. The number of amidine groups is 1. The van der Waals surface area contributed by atoms with Crippen LogP contribution in [-0.4, -0.2) is 35.8 Å². The van der Waals surface area contributed by atoms with Crippen molar-refractivity contribution < 1.29 is 22.5 Å². The molecule has 1 fully saturated rings. The largest absolute Gasteiger partial charge is 0.372 e. The Hall–Kier alpha value is -3.50. The third-order valence-corrected chi connectivity index (χ3v) is 10.1. The van der Waals surface area contributed by atoms with Crippen LogP contribution in [0.1, 0.15) is 79.9 Å². The lowest BCUT2D eigenvalue weighted by Crippen LogP contribution is -2.40. The highest BCUT2D eigenvalue weighted by molar-refractivity contribution is 7.92. The monoisotopic (exact) mass is 576 g/mol. The third kappa shape index (κ3) is 4.86. The highest BCUT2D eigenvalue weighted by Gasteiger charge is 2.49. The number of anilines is 1. The van der Waals surface area contributed by atoms with E-state index in [4.69, 9.17) is 14.3 Å². The number of benzene rings is 2. The van der Waals surface area contributed by atoms with E-state index in [1.807, 2.05) is 29.2 Å². The molecule has 0 atom stereocenters. The topological polar surface area (TPSA) is 114 Å². The second-order valence-electron chi connectivity index (χ2n) is 11.3. The molecule has 2 aromatic carbocycles. The molecule has 10 heteroatoms. The fourth-order valence-electron chi connectivity index (χ4n) is 6.23. The van der Waals surface area contributed by atoms with Gasteiger partial charge in [-0.15, -0.1) is 0 Å². The lowest BCUT2D eigenvalue weighted by Gasteiger charge is -2.24. The molecule has 3 heterocycles. The number of sulfonamides is 1. The van der Waals surface area contributed by atoms with Gasteiger partial charge in [0.1, 0.15) is 17.1 Å². The van der Waals surface area contributed by atoms with Gasteiger partial charge in [0, 0.05) is 17.5 Å². The normalized spacial score (nSPS) is 17.9. The van der Waals surface area contributed by atoms with E-state index in [0.717, 1.165) is 73.0 Å². The van der Waals surface area contributed by atoms with Crippen LogP contribution < -0.4 is 4.72 Å². The van der Waals surface area contributed by atoms with Crippen LogP contribution in [0, 0.1) is 13.8 Å². The summed E-state index contributed by atoms with van der Waals surface area (Å²) in [5.74, 6) is 1.76. The number of aliphatic imine (C=N–C) groups is 1. The number of hydrogen-bond acceptors (Lipinski definition) is 7. The molecule has 1 saturated carbocycles.